The van der Waals surface area contributed by atoms with Crippen LogP contribution in [0.2, 0.25) is 0 Å². The molecule has 0 aliphatic rings. The minimum Gasteiger partial charge on any atom is -0.481 e. The Bertz CT molecular complexity index is 335. The van der Waals surface area contributed by atoms with Crippen LogP contribution >= 0.6 is 15.9 Å². The first-order chi connectivity index (χ1) is 7.10. The van der Waals surface area contributed by atoms with Gasteiger partial charge in [-0.15, -0.1) is 0 Å². The molecule has 1 aromatic rings. The van der Waals surface area contributed by atoms with E-state index in [9.17, 15) is 10.2 Å². The third-order valence-electron chi connectivity index (χ3n) is 1.94. The summed E-state index contributed by atoms with van der Waals surface area (Å²) in [5, 5.41) is 19.4. The molecule has 2 atom stereocenters. The number of aliphatic hydroxyl groups is 2. The molecule has 84 valence electrons. The lowest BCUT2D eigenvalue weighted by Gasteiger charge is -2.17. The second-order valence-corrected chi connectivity index (χ2v) is 3.64. The molecule has 0 bridgehead atoms. The standard InChI is InChI=1S/C9H13BrN2O3/c1-15-7-3-2-5(11)8(12-7)9(14)6(13)4-10/h2-3,6,9,13-14H,4,11H2,1H3. The molecule has 0 fully saturated rings. The first-order valence-corrected chi connectivity index (χ1v) is 5.44. The highest BCUT2D eigenvalue weighted by Gasteiger charge is 2.21. The number of pyridine rings is 1. The van der Waals surface area contributed by atoms with E-state index >= 15 is 0 Å². The minimum absolute atomic E-state index is 0.223. The van der Waals surface area contributed by atoms with Crippen molar-refractivity contribution in [2.24, 2.45) is 0 Å². The molecule has 6 heteroatoms. The highest BCUT2D eigenvalue weighted by atomic mass is 79.9. The summed E-state index contributed by atoms with van der Waals surface area (Å²) in [7, 11) is 1.47. The van der Waals surface area contributed by atoms with Crippen LogP contribution < -0.4 is 10.5 Å². The molecule has 2 unspecified atom stereocenters. The zero-order valence-electron chi connectivity index (χ0n) is 8.22. The van der Waals surface area contributed by atoms with Crippen molar-refractivity contribution in [1.29, 1.82) is 0 Å². The van der Waals surface area contributed by atoms with Crippen LogP contribution in [-0.2, 0) is 0 Å². The number of halogens is 1. The van der Waals surface area contributed by atoms with E-state index in [0.717, 1.165) is 0 Å². The third kappa shape index (κ3) is 2.80. The van der Waals surface area contributed by atoms with Gasteiger partial charge in [0, 0.05) is 11.4 Å². The molecule has 1 rings (SSSR count). The van der Waals surface area contributed by atoms with Gasteiger partial charge in [0.1, 0.15) is 6.10 Å². The number of aromatic nitrogens is 1. The maximum atomic E-state index is 9.71. The number of hydrogen-bond acceptors (Lipinski definition) is 5. The smallest absolute Gasteiger partial charge is 0.213 e. The van der Waals surface area contributed by atoms with E-state index in [1.807, 2.05) is 0 Å². The van der Waals surface area contributed by atoms with Crippen molar-refractivity contribution in [2.45, 2.75) is 12.2 Å². The number of nitrogens with zero attached hydrogens (tertiary/aromatic N) is 1. The largest absolute Gasteiger partial charge is 0.481 e. The van der Waals surface area contributed by atoms with Crippen LogP contribution in [0.5, 0.6) is 5.88 Å². The monoisotopic (exact) mass is 276 g/mol. The highest BCUT2D eigenvalue weighted by molar-refractivity contribution is 9.09. The molecule has 4 N–H and O–H groups in total. The summed E-state index contributed by atoms with van der Waals surface area (Å²) in [6.45, 7) is 0. The number of nitrogens with two attached hydrogens (primary N) is 1. The Kier molecular flexibility index (Phi) is 4.31. The van der Waals surface area contributed by atoms with Gasteiger partial charge in [-0.1, -0.05) is 15.9 Å². The van der Waals surface area contributed by atoms with E-state index in [1.165, 1.54) is 7.11 Å². The van der Waals surface area contributed by atoms with Gasteiger partial charge in [-0.25, -0.2) is 4.98 Å². The van der Waals surface area contributed by atoms with E-state index in [-0.39, 0.29) is 11.0 Å². The lowest BCUT2D eigenvalue weighted by atomic mass is 10.1. The maximum absolute atomic E-state index is 9.71. The van der Waals surface area contributed by atoms with E-state index < -0.39 is 12.2 Å². The van der Waals surface area contributed by atoms with Crippen molar-refractivity contribution < 1.29 is 14.9 Å². The van der Waals surface area contributed by atoms with Crippen molar-refractivity contribution in [3.05, 3.63) is 17.8 Å². The Hall–Kier alpha value is -0.850. The second-order valence-electron chi connectivity index (χ2n) is 2.99. The van der Waals surface area contributed by atoms with Crippen molar-refractivity contribution in [3.8, 4) is 5.88 Å². The number of alkyl halides is 1. The molecule has 0 saturated heterocycles. The Labute approximate surface area is 96.0 Å². The summed E-state index contributed by atoms with van der Waals surface area (Å²) < 4.78 is 4.90. The number of ether oxygens (including phenoxy) is 1. The summed E-state index contributed by atoms with van der Waals surface area (Å²) in [6, 6.07) is 3.16. The normalized spacial score (nSPS) is 14.7. The van der Waals surface area contributed by atoms with Crippen LogP contribution in [0, 0.1) is 0 Å². The molecule has 15 heavy (non-hydrogen) atoms. The number of nitrogen functional groups attached to an aromatic ring is 1. The Morgan fingerprint density at radius 1 is 1.53 bits per heavy atom. The van der Waals surface area contributed by atoms with Gasteiger partial charge in [0.25, 0.3) is 0 Å². The van der Waals surface area contributed by atoms with Gasteiger partial charge in [0.2, 0.25) is 5.88 Å². The number of rotatable bonds is 4. The zero-order valence-corrected chi connectivity index (χ0v) is 9.81. The van der Waals surface area contributed by atoms with Crippen LogP contribution in [-0.4, -0.2) is 33.7 Å². The second kappa shape index (κ2) is 5.29. The van der Waals surface area contributed by atoms with Crippen molar-refractivity contribution in [1.82, 2.24) is 4.98 Å². The fraction of sp³-hybridized carbons (Fsp3) is 0.444. The third-order valence-corrected chi connectivity index (χ3v) is 2.61. The van der Waals surface area contributed by atoms with E-state index in [0.29, 0.717) is 11.6 Å². The molecule has 0 aromatic carbocycles. The van der Waals surface area contributed by atoms with Gasteiger partial charge in [-0.05, 0) is 6.07 Å². The fourth-order valence-electron chi connectivity index (χ4n) is 1.08. The first kappa shape index (κ1) is 12.2. The molecule has 0 radical (unpaired) electrons. The number of anilines is 1. The van der Waals surface area contributed by atoms with Gasteiger partial charge in [0.15, 0.2) is 0 Å². The Balaban J connectivity index is 3.01. The molecule has 0 amide bonds. The number of aliphatic hydroxyl groups excluding tert-OH is 2. The van der Waals surface area contributed by atoms with Gasteiger partial charge < -0.3 is 20.7 Å². The average molecular weight is 277 g/mol. The molecular weight excluding hydrogens is 264 g/mol. The van der Waals surface area contributed by atoms with Crippen molar-refractivity contribution in [2.75, 3.05) is 18.2 Å². The molecular formula is C9H13BrN2O3. The average Bonchev–Trinajstić information content (AvgIpc) is 2.27. The summed E-state index contributed by atoms with van der Waals surface area (Å²) in [5.74, 6) is 0.347. The molecule has 0 aliphatic heterocycles. The summed E-state index contributed by atoms with van der Waals surface area (Å²) in [5.41, 5.74) is 6.18. The molecule has 0 spiro atoms. The quantitative estimate of drug-likeness (QED) is 0.696. The van der Waals surface area contributed by atoms with Crippen LogP contribution in [0.1, 0.15) is 11.8 Å². The summed E-state index contributed by atoms with van der Waals surface area (Å²) >= 11 is 3.06. The predicted octanol–water partition coefficient (Wildman–Crippen LogP) is 0.462. The molecule has 5 nitrogen and oxygen atoms in total. The fourth-order valence-corrected chi connectivity index (χ4v) is 1.44. The van der Waals surface area contributed by atoms with Crippen LogP contribution in [0.3, 0.4) is 0 Å². The Morgan fingerprint density at radius 3 is 2.73 bits per heavy atom. The van der Waals surface area contributed by atoms with E-state index in [4.69, 9.17) is 10.5 Å². The van der Waals surface area contributed by atoms with Crippen molar-refractivity contribution in [3.63, 3.8) is 0 Å². The van der Waals surface area contributed by atoms with E-state index in [1.54, 1.807) is 12.1 Å². The first-order valence-electron chi connectivity index (χ1n) is 4.32. The molecule has 1 aromatic heterocycles. The maximum Gasteiger partial charge on any atom is 0.213 e. The van der Waals surface area contributed by atoms with Gasteiger partial charge in [-0.3, -0.25) is 0 Å². The SMILES string of the molecule is COc1ccc(N)c(C(O)C(O)CBr)n1. The topological polar surface area (TPSA) is 88.6 Å². The lowest BCUT2D eigenvalue weighted by molar-refractivity contribution is 0.0317. The summed E-state index contributed by atoms with van der Waals surface area (Å²) in [4.78, 5) is 3.98. The van der Waals surface area contributed by atoms with Gasteiger partial charge in [-0.2, -0.15) is 0 Å². The van der Waals surface area contributed by atoms with Crippen LogP contribution in [0.4, 0.5) is 5.69 Å². The molecule has 0 saturated carbocycles. The van der Waals surface area contributed by atoms with Crippen LogP contribution in [0.15, 0.2) is 12.1 Å². The minimum atomic E-state index is -1.13. The molecule has 0 aliphatic carbocycles. The predicted molar refractivity (Wildman–Crippen MR) is 60.0 cm³/mol. The molecule has 1 heterocycles. The number of methoxy groups -OCH3 is 1. The highest BCUT2D eigenvalue weighted by Crippen LogP contribution is 2.24. The summed E-state index contributed by atoms with van der Waals surface area (Å²) in [6.07, 6.45) is -2.08. The Morgan fingerprint density at radius 2 is 2.20 bits per heavy atom. The zero-order chi connectivity index (χ0) is 11.4. The van der Waals surface area contributed by atoms with Crippen molar-refractivity contribution >= 4 is 21.6 Å². The van der Waals surface area contributed by atoms with Crippen LogP contribution in [0.25, 0.3) is 0 Å². The van der Waals surface area contributed by atoms with E-state index in [2.05, 4.69) is 20.9 Å². The number of hydrogen-bond donors (Lipinski definition) is 3. The lowest BCUT2D eigenvalue weighted by Crippen LogP contribution is -2.21. The van der Waals surface area contributed by atoms with Gasteiger partial charge >= 0.3 is 0 Å². The van der Waals surface area contributed by atoms with Gasteiger partial charge in [0.05, 0.1) is 24.6 Å².